The first kappa shape index (κ1) is 16.3. The number of nitrogens with two attached hydrogens (primary N) is 1. The van der Waals surface area contributed by atoms with Gasteiger partial charge >= 0.3 is 5.97 Å². The van der Waals surface area contributed by atoms with Crippen LogP contribution in [-0.2, 0) is 19.0 Å². The average Bonchev–Trinajstić information content (AvgIpc) is 2.37. The van der Waals surface area contributed by atoms with Crippen LogP contribution in [0.4, 0.5) is 0 Å². The molecule has 0 spiro atoms. The molecule has 112 valence electrons. The molecule has 19 heavy (non-hydrogen) atoms. The Labute approximate surface area is 111 Å². The summed E-state index contributed by atoms with van der Waals surface area (Å²) in [6.45, 7) is 1.36. The number of rotatable bonds is 6. The lowest BCUT2D eigenvalue weighted by atomic mass is 9.99. The lowest BCUT2D eigenvalue weighted by Gasteiger charge is -2.41. The van der Waals surface area contributed by atoms with Gasteiger partial charge in [-0.1, -0.05) is 0 Å². The second-order valence-corrected chi connectivity index (χ2v) is 4.29. The van der Waals surface area contributed by atoms with E-state index in [1.807, 2.05) is 0 Å². The van der Waals surface area contributed by atoms with Crippen molar-refractivity contribution < 1.29 is 34.3 Å². The largest absolute Gasteiger partial charge is 0.454 e. The van der Waals surface area contributed by atoms with Crippen molar-refractivity contribution in [2.45, 2.75) is 44.1 Å². The highest BCUT2D eigenvalue weighted by atomic mass is 16.7. The van der Waals surface area contributed by atoms with Crippen molar-refractivity contribution >= 4 is 5.97 Å². The second kappa shape index (κ2) is 7.73. The van der Waals surface area contributed by atoms with Gasteiger partial charge in [0.15, 0.2) is 12.4 Å². The Morgan fingerprint density at radius 3 is 2.58 bits per heavy atom. The first-order valence-electron chi connectivity index (χ1n) is 6.12. The van der Waals surface area contributed by atoms with Gasteiger partial charge in [0.05, 0.1) is 13.2 Å². The summed E-state index contributed by atoms with van der Waals surface area (Å²) in [5.74, 6) is -0.630. The van der Waals surface area contributed by atoms with Crippen molar-refractivity contribution in [2.75, 3.05) is 19.8 Å². The number of hydrogen-bond acceptors (Lipinski definition) is 8. The van der Waals surface area contributed by atoms with E-state index >= 15 is 0 Å². The zero-order chi connectivity index (χ0) is 14.4. The lowest BCUT2D eigenvalue weighted by Crippen LogP contribution is -2.60. The number of ether oxygens (including phenoxy) is 3. The number of aliphatic hydroxyl groups excluding tert-OH is 3. The molecule has 0 bridgehead atoms. The van der Waals surface area contributed by atoms with E-state index in [9.17, 15) is 15.0 Å². The topological polar surface area (TPSA) is 131 Å². The highest BCUT2D eigenvalue weighted by Gasteiger charge is 2.46. The molecular formula is C11H21NO7. The fourth-order valence-corrected chi connectivity index (χ4v) is 1.79. The molecule has 0 aromatic heterocycles. The molecule has 1 fully saturated rings. The lowest BCUT2D eigenvalue weighted by molar-refractivity contribution is -0.303. The molecule has 0 radical (unpaired) electrons. The third-order valence-corrected chi connectivity index (χ3v) is 2.76. The normalized spacial score (nSPS) is 35.1. The molecule has 8 heteroatoms. The fourth-order valence-electron chi connectivity index (χ4n) is 1.79. The molecule has 1 heterocycles. The predicted molar refractivity (Wildman–Crippen MR) is 62.9 cm³/mol. The van der Waals surface area contributed by atoms with E-state index in [2.05, 4.69) is 0 Å². The summed E-state index contributed by atoms with van der Waals surface area (Å²) in [4.78, 5) is 11.0. The summed E-state index contributed by atoms with van der Waals surface area (Å²) in [7, 11) is 0. The quantitative estimate of drug-likeness (QED) is 0.316. The summed E-state index contributed by atoms with van der Waals surface area (Å²) in [6.07, 6.45) is -5.38. The smallest absolute Gasteiger partial charge is 0.303 e. The second-order valence-electron chi connectivity index (χ2n) is 4.29. The Balaban J connectivity index is 2.71. The highest BCUT2D eigenvalue weighted by molar-refractivity contribution is 5.66. The number of esters is 1. The van der Waals surface area contributed by atoms with E-state index in [1.165, 1.54) is 6.92 Å². The molecule has 0 aromatic carbocycles. The summed E-state index contributed by atoms with van der Waals surface area (Å²) in [5.41, 5.74) is 5.33. The molecule has 1 aliphatic rings. The van der Waals surface area contributed by atoms with E-state index in [1.54, 1.807) is 0 Å². The van der Waals surface area contributed by atoms with Gasteiger partial charge < -0.3 is 35.3 Å². The molecule has 1 rings (SSSR count). The van der Waals surface area contributed by atoms with Gasteiger partial charge in [0.25, 0.3) is 0 Å². The van der Waals surface area contributed by atoms with Crippen molar-refractivity contribution in [3.63, 3.8) is 0 Å². The zero-order valence-electron chi connectivity index (χ0n) is 10.8. The molecule has 0 aliphatic carbocycles. The summed E-state index contributed by atoms with van der Waals surface area (Å²) >= 11 is 0. The number of carbonyl (C=O) groups excluding carboxylic acids is 1. The third-order valence-electron chi connectivity index (χ3n) is 2.76. The van der Waals surface area contributed by atoms with Crippen LogP contribution in [0, 0.1) is 0 Å². The Hall–Kier alpha value is -0.770. The van der Waals surface area contributed by atoms with Gasteiger partial charge in [-0.25, -0.2) is 0 Å². The average molecular weight is 279 g/mol. The van der Waals surface area contributed by atoms with E-state index in [0.717, 1.165) is 0 Å². The van der Waals surface area contributed by atoms with Crippen LogP contribution in [0.3, 0.4) is 0 Å². The maximum Gasteiger partial charge on any atom is 0.303 e. The van der Waals surface area contributed by atoms with Crippen LogP contribution < -0.4 is 5.73 Å². The van der Waals surface area contributed by atoms with Crippen molar-refractivity contribution in [3.05, 3.63) is 0 Å². The minimum atomic E-state index is -1.39. The predicted octanol–water partition coefficient (Wildman–Crippen LogP) is -2.28. The monoisotopic (exact) mass is 279 g/mol. The molecule has 0 unspecified atom stereocenters. The standard InChI is InChI=1S/C11H21NO7/c1-6(14)18-10-9(16)8(15)7(5-13)19-11(10)17-4-2-3-12/h7-11,13,15-16H,2-5,12H2,1H3/t7-,8+,9+,10-,11-/m1/s1. The van der Waals surface area contributed by atoms with Gasteiger partial charge in [-0.15, -0.1) is 0 Å². The van der Waals surface area contributed by atoms with Gasteiger partial charge in [0.1, 0.15) is 18.3 Å². The molecule has 1 saturated heterocycles. The van der Waals surface area contributed by atoms with Crippen LogP contribution in [-0.4, -0.2) is 71.8 Å². The van der Waals surface area contributed by atoms with Crippen molar-refractivity contribution in [2.24, 2.45) is 5.73 Å². The molecule has 8 nitrogen and oxygen atoms in total. The first-order valence-corrected chi connectivity index (χ1v) is 6.12. The van der Waals surface area contributed by atoms with Crippen molar-refractivity contribution in [1.29, 1.82) is 0 Å². The highest BCUT2D eigenvalue weighted by Crippen LogP contribution is 2.24. The van der Waals surface area contributed by atoms with Gasteiger partial charge in [-0.3, -0.25) is 4.79 Å². The van der Waals surface area contributed by atoms with E-state index in [0.29, 0.717) is 13.0 Å². The van der Waals surface area contributed by atoms with Crippen LogP contribution >= 0.6 is 0 Å². The maximum absolute atomic E-state index is 11.0. The molecule has 0 saturated carbocycles. The molecule has 5 atom stereocenters. The molecule has 1 aliphatic heterocycles. The van der Waals surface area contributed by atoms with E-state index < -0.39 is 43.3 Å². The zero-order valence-corrected chi connectivity index (χ0v) is 10.8. The Bertz CT molecular complexity index is 288. The number of carbonyl (C=O) groups is 1. The Morgan fingerprint density at radius 1 is 1.37 bits per heavy atom. The third kappa shape index (κ3) is 4.37. The SMILES string of the molecule is CC(=O)O[C@H]1[C@H](OCCCN)O[C@H](CO)[C@H](O)[C@@H]1O. The number of hydrogen-bond donors (Lipinski definition) is 4. The summed E-state index contributed by atoms with van der Waals surface area (Å²) in [6, 6.07) is 0. The maximum atomic E-state index is 11.0. The molecule has 0 aromatic rings. The van der Waals surface area contributed by atoms with Gasteiger partial charge in [0, 0.05) is 6.92 Å². The van der Waals surface area contributed by atoms with Crippen LogP contribution in [0.1, 0.15) is 13.3 Å². The van der Waals surface area contributed by atoms with E-state index in [4.69, 9.17) is 25.1 Å². The molecule has 5 N–H and O–H groups in total. The van der Waals surface area contributed by atoms with Crippen LogP contribution in [0.15, 0.2) is 0 Å². The van der Waals surface area contributed by atoms with Crippen LogP contribution in [0.2, 0.25) is 0 Å². The minimum absolute atomic E-state index is 0.250. The van der Waals surface area contributed by atoms with Gasteiger partial charge in [-0.05, 0) is 13.0 Å². The number of aliphatic hydroxyl groups is 3. The summed E-state index contributed by atoms with van der Waals surface area (Å²) in [5, 5.41) is 28.7. The van der Waals surface area contributed by atoms with E-state index in [-0.39, 0.29) is 6.61 Å². The molecule has 0 amide bonds. The minimum Gasteiger partial charge on any atom is -0.454 e. The van der Waals surface area contributed by atoms with Gasteiger partial charge in [0.2, 0.25) is 0 Å². The molecular weight excluding hydrogens is 258 g/mol. The summed E-state index contributed by atoms with van der Waals surface area (Å²) < 4.78 is 15.5. The van der Waals surface area contributed by atoms with Crippen molar-refractivity contribution in [1.82, 2.24) is 0 Å². The Kier molecular flexibility index (Phi) is 6.63. The Morgan fingerprint density at radius 2 is 2.05 bits per heavy atom. The van der Waals surface area contributed by atoms with Crippen LogP contribution in [0.5, 0.6) is 0 Å². The first-order chi connectivity index (χ1) is 9.01. The van der Waals surface area contributed by atoms with Crippen molar-refractivity contribution in [3.8, 4) is 0 Å². The fraction of sp³-hybridized carbons (Fsp3) is 0.909. The van der Waals surface area contributed by atoms with Gasteiger partial charge in [-0.2, -0.15) is 0 Å². The van der Waals surface area contributed by atoms with Crippen LogP contribution in [0.25, 0.3) is 0 Å².